The van der Waals surface area contributed by atoms with E-state index in [1.165, 1.54) is 5.56 Å². The summed E-state index contributed by atoms with van der Waals surface area (Å²) in [5.41, 5.74) is 4.95. The number of alkyl halides is 1. The van der Waals surface area contributed by atoms with Crippen molar-refractivity contribution >= 4 is 27.5 Å². The molecule has 19 heavy (non-hydrogen) atoms. The predicted octanol–water partition coefficient (Wildman–Crippen LogP) is 4.45. The van der Waals surface area contributed by atoms with Crippen molar-refractivity contribution in [2.24, 2.45) is 0 Å². The monoisotopic (exact) mass is 317 g/mol. The summed E-state index contributed by atoms with van der Waals surface area (Å²) in [4.78, 5) is 12.1. The topological polar surface area (TPSA) is 29.1 Å². The molecule has 2 aromatic rings. The molecule has 2 nitrogen and oxygen atoms in total. The SMILES string of the molecule is Cc1ccc(NC(=O)c2ccc(CBr)cc2)c(C)c1. The zero-order chi connectivity index (χ0) is 13.8. The summed E-state index contributed by atoms with van der Waals surface area (Å²) in [6.07, 6.45) is 0. The van der Waals surface area contributed by atoms with Crippen LogP contribution in [0.25, 0.3) is 0 Å². The molecular weight excluding hydrogens is 302 g/mol. The van der Waals surface area contributed by atoms with Crippen LogP contribution in [0.5, 0.6) is 0 Å². The summed E-state index contributed by atoms with van der Waals surface area (Å²) in [6.45, 7) is 4.04. The molecule has 0 fully saturated rings. The molecule has 2 rings (SSSR count). The molecule has 0 bridgehead atoms. The maximum atomic E-state index is 12.1. The average Bonchev–Trinajstić information content (AvgIpc) is 2.42. The summed E-state index contributed by atoms with van der Waals surface area (Å²) in [6, 6.07) is 13.6. The number of nitrogens with one attached hydrogen (secondary N) is 1. The van der Waals surface area contributed by atoms with Gasteiger partial charge in [0.2, 0.25) is 0 Å². The van der Waals surface area contributed by atoms with E-state index in [-0.39, 0.29) is 5.91 Å². The molecule has 3 heteroatoms. The number of halogens is 1. The number of hydrogen-bond donors (Lipinski definition) is 1. The van der Waals surface area contributed by atoms with E-state index < -0.39 is 0 Å². The molecule has 0 aromatic heterocycles. The minimum atomic E-state index is -0.0759. The molecule has 2 aromatic carbocycles. The fourth-order valence-corrected chi connectivity index (χ4v) is 2.27. The molecule has 0 unspecified atom stereocenters. The van der Waals surface area contributed by atoms with Gasteiger partial charge < -0.3 is 5.32 Å². The van der Waals surface area contributed by atoms with Gasteiger partial charge in [-0.1, -0.05) is 45.8 Å². The zero-order valence-electron chi connectivity index (χ0n) is 11.0. The number of anilines is 1. The summed E-state index contributed by atoms with van der Waals surface area (Å²) < 4.78 is 0. The van der Waals surface area contributed by atoms with Crippen molar-refractivity contribution < 1.29 is 4.79 Å². The smallest absolute Gasteiger partial charge is 0.255 e. The maximum Gasteiger partial charge on any atom is 0.255 e. The fourth-order valence-electron chi connectivity index (χ4n) is 1.89. The largest absolute Gasteiger partial charge is 0.322 e. The molecule has 0 saturated carbocycles. The fraction of sp³-hybridized carbons (Fsp3) is 0.188. The minimum Gasteiger partial charge on any atom is -0.322 e. The molecule has 0 aliphatic rings. The van der Waals surface area contributed by atoms with Crippen molar-refractivity contribution in [3.05, 3.63) is 64.7 Å². The minimum absolute atomic E-state index is 0.0759. The Kier molecular flexibility index (Phi) is 4.38. The molecule has 0 spiro atoms. The molecule has 0 aliphatic heterocycles. The highest BCUT2D eigenvalue weighted by Gasteiger charge is 2.07. The van der Waals surface area contributed by atoms with Gasteiger partial charge in [0.15, 0.2) is 0 Å². The van der Waals surface area contributed by atoms with Crippen molar-refractivity contribution in [3.63, 3.8) is 0 Å². The first kappa shape index (κ1) is 13.8. The number of amides is 1. The normalized spacial score (nSPS) is 10.3. The average molecular weight is 318 g/mol. The molecule has 1 N–H and O–H groups in total. The third-order valence-electron chi connectivity index (χ3n) is 3.00. The van der Waals surface area contributed by atoms with E-state index in [0.717, 1.165) is 22.1 Å². The van der Waals surface area contributed by atoms with Crippen LogP contribution in [0.15, 0.2) is 42.5 Å². The molecule has 0 radical (unpaired) electrons. The predicted molar refractivity (Wildman–Crippen MR) is 82.9 cm³/mol. The Bertz CT molecular complexity index is 590. The van der Waals surface area contributed by atoms with Crippen LogP contribution in [0, 0.1) is 13.8 Å². The third-order valence-corrected chi connectivity index (χ3v) is 3.65. The van der Waals surface area contributed by atoms with Gasteiger partial charge in [-0.05, 0) is 43.2 Å². The van der Waals surface area contributed by atoms with Gasteiger partial charge >= 0.3 is 0 Å². The Morgan fingerprint density at radius 1 is 1.11 bits per heavy atom. The second-order valence-corrected chi connectivity index (χ2v) is 5.16. The van der Waals surface area contributed by atoms with Crippen molar-refractivity contribution in [3.8, 4) is 0 Å². The van der Waals surface area contributed by atoms with Gasteiger partial charge in [0, 0.05) is 16.6 Å². The first-order valence-corrected chi connectivity index (χ1v) is 7.26. The molecule has 0 saturated heterocycles. The van der Waals surface area contributed by atoms with Crippen LogP contribution < -0.4 is 5.32 Å². The number of carbonyl (C=O) groups excluding carboxylic acids is 1. The summed E-state index contributed by atoms with van der Waals surface area (Å²) in [7, 11) is 0. The maximum absolute atomic E-state index is 12.1. The second-order valence-electron chi connectivity index (χ2n) is 4.60. The van der Waals surface area contributed by atoms with Crippen molar-refractivity contribution in [2.75, 3.05) is 5.32 Å². The van der Waals surface area contributed by atoms with Crippen LogP contribution in [-0.2, 0) is 5.33 Å². The lowest BCUT2D eigenvalue weighted by molar-refractivity contribution is 0.102. The lowest BCUT2D eigenvalue weighted by Gasteiger charge is -2.09. The van der Waals surface area contributed by atoms with Gasteiger partial charge in [0.05, 0.1) is 0 Å². The van der Waals surface area contributed by atoms with Gasteiger partial charge in [-0.2, -0.15) is 0 Å². The Morgan fingerprint density at radius 3 is 2.37 bits per heavy atom. The summed E-state index contributed by atoms with van der Waals surface area (Å²) in [5, 5.41) is 3.74. The van der Waals surface area contributed by atoms with Crippen LogP contribution in [0.1, 0.15) is 27.0 Å². The number of aryl methyl sites for hydroxylation is 2. The van der Waals surface area contributed by atoms with Crippen LogP contribution in [-0.4, -0.2) is 5.91 Å². The van der Waals surface area contributed by atoms with E-state index in [0.29, 0.717) is 5.56 Å². The number of carbonyl (C=O) groups is 1. The Morgan fingerprint density at radius 2 is 1.79 bits per heavy atom. The van der Waals surface area contributed by atoms with E-state index >= 15 is 0 Å². The highest BCUT2D eigenvalue weighted by molar-refractivity contribution is 9.08. The van der Waals surface area contributed by atoms with Crippen LogP contribution in [0.2, 0.25) is 0 Å². The van der Waals surface area contributed by atoms with Gasteiger partial charge in [0.1, 0.15) is 0 Å². The third kappa shape index (κ3) is 3.44. The summed E-state index contributed by atoms with van der Waals surface area (Å²) in [5.74, 6) is -0.0759. The number of rotatable bonds is 3. The highest BCUT2D eigenvalue weighted by atomic mass is 79.9. The first-order chi connectivity index (χ1) is 9.10. The van der Waals surface area contributed by atoms with E-state index in [1.54, 1.807) is 0 Å². The molecule has 0 aliphatic carbocycles. The Hall–Kier alpha value is -1.61. The molecule has 98 valence electrons. The zero-order valence-corrected chi connectivity index (χ0v) is 12.6. The lowest BCUT2D eigenvalue weighted by Crippen LogP contribution is -2.12. The molecule has 0 heterocycles. The van der Waals surface area contributed by atoms with Crippen LogP contribution in [0.3, 0.4) is 0 Å². The van der Waals surface area contributed by atoms with E-state index in [4.69, 9.17) is 0 Å². The standard InChI is InChI=1S/C16H16BrNO/c1-11-3-8-15(12(2)9-11)18-16(19)14-6-4-13(10-17)5-7-14/h3-9H,10H2,1-2H3,(H,18,19). The van der Waals surface area contributed by atoms with Crippen molar-refractivity contribution in [1.82, 2.24) is 0 Å². The number of hydrogen-bond acceptors (Lipinski definition) is 1. The van der Waals surface area contributed by atoms with E-state index in [2.05, 4.69) is 27.3 Å². The van der Waals surface area contributed by atoms with E-state index in [9.17, 15) is 4.79 Å². The van der Waals surface area contributed by atoms with Crippen LogP contribution >= 0.6 is 15.9 Å². The van der Waals surface area contributed by atoms with Gasteiger partial charge in [-0.15, -0.1) is 0 Å². The quantitative estimate of drug-likeness (QED) is 0.832. The molecule has 1 amide bonds. The lowest BCUT2D eigenvalue weighted by atomic mass is 10.1. The molecule has 0 atom stereocenters. The Balaban J connectivity index is 2.15. The van der Waals surface area contributed by atoms with Crippen molar-refractivity contribution in [1.29, 1.82) is 0 Å². The van der Waals surface area contributed by atoms with Crippen molar-refractivity contribution in [2.45, 2.75) is 19.2 Å². The van der Waals surface area contributed by atoms with Gasteiger partial charge in [-0.3, -0.25) is 4.79 Å². The van der Waals surface area contributed by atoms with Gasteiger partial charge in [0.25, 0.3) is 5.91 Å². The van der Waals surface area contributed by atoms with E-state index in [1.807, 2.05) is 50.2 Å². The van der Waals surface area contributed by atoms with Crippen LogP contribution in [0.4, 0.5) is 5.69 Å². The first-order valence-electron chi connectivity index (χ1n) is 6.13. The molecular formula is C16H16BrNO. The Labute approximate surface area is 122 Å². The summed E-state index contributed by atoms with van der Waals surface area (Å²) >= 11 is 3.39. The van der Waals surface area contributed by atoms with Gasteiger partial charge in [-0.25, -0.2) is 0 Å². The highest BCUT2D eigenvalue weighted by Crippen LogP contribution is 2.17. The number of benzene rings is 2. The second kappa shape index (κ2) is 6.02.